The van der Waals surface area contributed by atoms with Gasteiger partial charge < -0.3 is 14.8 Å². The van der Waals surface area contributed by atoms with Gasteiger partial charge in [-0.05, 0) is 23.3 Å². The molecule has 0 aromatic heterocycles. The third-order valence-electron chi connectivity index (χ3n) is 3.66. The summed E-state index contributed by atoms with van der Waals surface area (Å²) in [6.45, 7) is 15.7. The molecule has 4 heteroatoms. The zero-order chi connectivity index (χ0) is 18.4. The summed E-state index contributed by atoms with van der Waals surface area (Å²) >= 11 is 0. The third-order valence-corrected chi connectivity index (χ3v) is 3.66. The molecule has 1 aromatic carbocycles. The van der Waals surface area contributed by atoms with E-state index in [2.05, 4.69) is 46.9 Å². The number of carbonyl (C=O) groups is 1. The molecule has 0 aliphatic rings. The summed E-state index contributed by atoms with van der Waals surface area (Å²) in [5, 5.41) is 2.82. The van der Waals surface area contributed by atoms with Crippen LogP contribution in [0.3, 0.4) is 0 Å². The zero-order valence-corrected chi connectivity index (χ0v) is 16.2. The predicted molar refractivity (Wildman–Crippen MR) is 97.9 cm³/mol. The van der Waals surface area contributed by atoms with Crippen LogP contribution in [0, 0.1) is 10.8 Å². The van der Waals surface area contributed by atoms with Crippen LogP contribution in [0.4, 0.5) is 4.79 Å². The molecule has 0 heterocycles. The molecule has 1 amide bonds. The van der Waals surface area contributed by atoms with Crippen molar-refractivity contribution in [2.75, 3.05) is 6.61 Å². The van der Waals surface area contributed by atoms with Crippen LogP contribution in [0.5, 0.6) is 0 Å². The van der Waals surface area contributed by atoms with Gasteiger partial charge >= 0.3 is 6.09 Å². The fourth-order valence-corrected chi connectivity index (χ4v) is 3.05. The Kier molecular flexibility index (Phi) is 7.27. The number of nitrogens with one attached hydrogen (secondary N) is 1. The minimum absolute atomic E-state index is 0.0335. The largest absolute Gasteiger partial charge is 0.445 e. The maximum absolute atomic E-state index is 11.9. The number of benzene rings is 1. The zero-order valence-electron chi connectivity index (χ0n) is 16.2. The van der Waals surface area contributed by atoms with Crippen LogP contribution in [-0.4, -0.2) is 24.8 Å². The van der Waals surface area contributed by atoms with E-state index in [4.69, 9.17) is 9.47 Å². The van der Waals surface area contributed by atoms with Crippen molar-refractivity contribution < 1.29 is 14.3 Å². The second-order valence-corrected chi connectivity index (χ2v) is 8.55. The van der Waals surface area contributed by atoms with Gasteiger partial charge in [0.15, 0.2) is 0 Å². The van der Waals surface area contributed by atoms with E-state index in [1.54, 1.807) is 0 Å². The number of alkyl carbamates (subject to hydrolysis) is 1. The maximum Gasteiger partial charge on any atom is 0.407 e. The van der Waals surface area contributed by atoms with Crippen LogP contribution in [0.1, 0.15) is 54.0 Å². The molecule has 0 aliphatic carbocycles. The first-order valence-electron chi connectivity index (χ1n) is 8.59. The molecule has 136 valence electrons. The summed E-state index contributed by atoms with van der Waals surface area (Å²) in [6, 6.07) is 9.52. The summed E-state index contributed by atoms with van der Waals surface area (Å²) in [5.41, 5.74) is 1.04. The normalized spacial score (nSPS) is 13.7. The lowest BCUT2D eigenvalue weighted by Crippen LogP contribution is -2.44. The van der Waals surface area contributed by atoms with E-state index in [1.807, 2.05) is 37.3 Å². The van der Waals surface area contributed by atoms with Gasteiger partial charge in [0.2, 0.25) is 0 Å². The lowest BCUT2D eigenvalue weighted by Gasteiger charge is -2.40. The molecule has 0 spiro atoms. The second kappa shape index (κ2) is 8.52. The van der Waals surface area contributed by atoms with Gasteiger partial charge in [0.1, 0.15) is 6.61 Å². The molecule has 1 atom stereocenters. The van der Waals surface area contributed by atoms with Gasteiger partial charge in [-0.25, -0.2) is 4.79 Å². The van der Waals surface area contributed by atoms with Crippen molar-refractivity contribution in [2.45, 2.75) is 67.2 Å². The van der Waals surface area contributed by atoms with E-state index in [0.717, 1.165) is 5.56 Å². The van der Waals surface area contributed by atoms with Gasteiger partial charge in [-0.1, -0.05) is 71.9 Å². The van der Waals surface area contributed by atoms with Gasteiger partial charge in [0.25, 0.3) is 0 Å². The minimum atomic E-state index is -0.418. The SMILES string of the molecule is CC(COC(C(C)(C)C)C(C)(C)C)NC(=O)OCc1ccccc1. The van der Waals surface area contributed by atoms with Gasteiger partial charge in [0, 0.05) is 0 Å². The number of rotatable bonds is 6. The molecule has 1 N–H and O–H groups in total. The Labute approximate surface area is 146 Å². The summed E-state index contributed by atoms with van der Waals surface area (Å²) in [6.07, 6.45) is -0.326. The van der Waals surface area contributed by atoms with Gasteiger partial charge in [-0.2, -0.15) is 0 Å². The Morgan fingerprint density at radius 2 is 1.58 bits per heavy atom. The highest BCUT2D eigenvalue weighted by Crippen LogP contribution is 2.35. The predicted octanol–water partition coefficient (Wildman–Crippen LogP) is 4.78. The fourth-order valence-electron chi connectivity index (χ4n) is 3.05. The van der Waals surface area contributed by atoms with Crippen LogP contribution in [0.25, 0.3) is 0 Å². The third kappa shape index (κ3) is 7.35. The molecule has 1 unspecified atom stereocenters. The second-order valence-electron chi connectivity index (χ2n) is 8.55. The average molecular weight is 335 g/mol. The van der Waals surface area contributed by atoms with Crippen LogP contribution >= 0.6 is 0 Å². The van der Waals surface area contributed by atoms with E-state index >= 15 is 0 Å². The molecule has 1 aromatic rings. The van der Waals surface area contributed by atoms with Crippen molar-refractivity contribution in [1.82, 2.24) is 5.32 Å². The highest BCUT2D eigenvalue weighted by molar-refractivity contribution is 5.67. The quantitative estimate of drug-likeness (QED) is 0.814. The first kappa shape index (κ1) is 20.5. The Morgan fingerprint density at radius 1 is 1.04 bits per heavy atom. The summed E-state index contributed by atoms with van der Waals surface area (Å²) < 4.78 is 11.4. The summed E-state index contributed by atoms with van der Waals surface area (Å²) in [4.78, 5) is 11.9. The molecular formula is C20H33NO3. The smallest absolute Gasteiger partial charge is 0.407 e. The van der Waals surface area contributed by atoms with E-state index in [0.29, 0.717) is 6.61 Å². The fraction of sp³-hybridized carbons (Fsp3) is 0.650. The van der Waals surface area contributed by atoms with Gasteiger partial charge in [-0.3, -0.25) is 0 Å². The lowest BCUT2D eigenvalue weighted by molar-refractivity contribution is -0.0863. The maximum atomic E-state index is 11.9. The number of ether oxygens (including phenoxy) is 2. The Bertz CT molecular complexity index is 486. The molecule has 0 fully saturated rings. The van der Waals surface area contributed by atoms with Crippen molar-refractivity contribution in [3.8, 4) is 0 Å². The lowest BCUT2D eigenvalue weighted by atomic mass is 9.74. The van der Waals surface area contributed by atoms with Gasteiger partial charge in [-0.15, -0.1) is 0 Å². The highest BCUT2D eigenvalue weighted by Gasteiger charge is 2.36. The molecule has 0 bridgehead atoms. The molecule has 24 heavy (non-hydrogen) atoms. The first-order valence-corrected chi connectivity index (χ1v) is 8.59. The van der Waals surface area contributed by atoms with Crippen LogP contribution in [-0.2, 0) is 16.1 Å². The van der Waals surface area contributed by atoms with E-state index < -0.39 is 6.09 Å². The average Bonchev–Trinajstić information content (AvgIpc) is 2.43. The standard InChI is InChI=1S/C20H33NO3/c1-15(13-23-17(19(2,3)4)20(5,6)7)21-18(22)24-14-16-11-9-8-10-12-16/h8-12,15,17H,13-14H2,1-7H3,(H,21,22). The Hall–Kier alpha value is -1.55. The molecule has 1 rings (SSSR count). The van der Waals surface area contributed by atoms with Crippen molar-refractivity contribution in [3.05, 3.63) is 35.9 Å². The van der Waals surface area contributed by atoms with E-state index in [9.17, 15) is 4.79 Å². The summed E-state index contributed by atoms with van der Waals surface area (Å²) in [7, 11) is 0. The van der Waals surface area contributed by atoms with Crippen molar-refractivity contribution >= 4 is 6.09 Å². The number of amides is 1. The van der Waals surface area contributed by atoms with Crippen molar-refractivity contribution in [1.29, 1.82) is 0 Å². The molecule has 0 saturated carbocycles. The summed E-state index contributed by atoms with van der Waals surface area (Å²) in [5.74, 6) is 0. The number of carbonyl (C=O) groups excluding carboxylic acids is 1. The Morgan fingerprint density at radius 3 is 2.08 bits per heavy atom. The molecular weight excluding hydrogens is 302 g/mol. The highest BCUT2D eigenvalue weighted by atomic mass is 16.5. The van der Waals surface area contributed by atoms with Crippen molar-refractivity contribution in [3.63, 3.8) is 0 Å². The topological polar surface area (TPSA) is 47.6 Å². The molecule has 0 saturated heterocycles. The van der Waals surface area contributed by atoms with Crippen LogP contribution in [0.2, 0.25) is 0 Å². The number of hydrogen-bond donors (Lipinski definition) is 1. The minimum Gasteiger partial charge on any atom is -0.445 e. The molecule has 0 aliphatic heterocycles. The molecule has 0 radical (unpaired) electrons. The van der Waals surface area contributed by atoms with Crippen LogP contribution in [0.15, 0.2) is 30.3 Å². The van der Waals surface area contributed by atoms with Gasteiger partial charge in [0.05, 0.1) is 18.8 Å². The first-order chi connectivity index (χ1) is 11.0. The van der Waals surface area contributed by atoms with E-state index in [1.165, 1.54) is 0 Å². The van der Waals surface area contributed by atoms with E-state index in [-0.39, 0.29) is 29.6 Å². The Balaban J connectivity index is 2.42. The number of hydrogen-bond acceptors (Lipinski definition) is 3. The van der Waals surface area contributed by atoms with Crippen LogP contribution < -0.4 is 5.32 Å². The van der Waals surface area contributed by atoms with Crippen molar-refractivity contribution in [2.24, 2.45) is 10.8 Å². The molecule has 4 nitrogen and oxygen atoms in total. The monoisotopic (exact) mass is 335 g/mol.